The number of hydrogen-bond donors (Lipinski definition) is 2. The van der Waals surface area contributed by atoms with Crippen LogP contribution in [-0.4, -0.2) is 16.7 Å². The fourth-order valence-corrected chi connectivity index (χ4v) is 1.72. The van der Waals surface area contributed by atoms with Crippen molar-refractivity contribution in [2.45, 2.75) is 31.4 Å². The number of halogens is 2. The molecular weight excluding hydrogens is 200 g/mol. The van der Waals surface area contributed by atoms with E-state index in [2.05, 4.69) is 5.32 Å². The largest absolute Gasteiger partial charge is 0.388 e. The van der Waals surface area contributed by atoms with Gasteiger partial charge in [-0.1, -0.05) is 0 Å². The van der Waals surface area contributed by atoms with Crippen LogP contribution in [-0.2, 0) is 0 Å². The highest BCUT2D eigenvalue weighted by atomic mass is 19.2. The van der Waals surface area contributed by atoms with Gasteiger partial charge in [-0.25, -0.2) is 8.78 Å². The van der Waals surface area contributed by atoms with E-state index in [-0.39, 0.29) is 6.04 Å². The van der Waals surface area contributed by atoms with E-state index in [1.165, 1.54) is 6.07 Å². The van der Waals surface area contributed by atoms with Crippen LogP contribution < -0.4 is 5.32 Å². The highest BCUT2D eigenvalue weighted by Gasteiger charge is 2.40. The lowest BCUT2D eigenvalue weighted by Gasteiger charge is -2.43. The van der Waals surface area contributed by atoms with Crippen LogP contribution in [0.5, 0.6) is 0 Å². The molecule has 4 heteroatoms. The number of nitrogens with one attached hydrogen (secondary N) is 1. The second-order valence-electron chi connectivity index (χ2n) is 4.22. The Hall–Kier alpha value is -1.16. The molecular formula is C11H13F2NO. The molecule has 2 nitrogen and oxygen atoms in total. The standard InChI is InChI=1S/C11H13F2NO/c1-11(15)5-4-10(11)14-7-2-3-8(12)9(13)6-7/h2-3,6,10,14-15H,4-5H2,1H3/t10-,11-/m0/s1. The third-order valence-electron chi connectivity index (χ3n) is 2.95. The zero-order valence-electron chi connectivity index (χ0n) is 8.43. The monoisotopic (exact) mass is 213 g/mol. The van der Waals surface area contributed by atoms with E-state index in [9.17, 15) is 13.9 Å². The van der Waals surface area contributed by atoms with Gasteiger partial charge >= 0.3 is 0 Å². The van der Waals surface area contributed by atoms with Crippen molar-refractivity contribution in [2.24, 2.45) is 0 Å². The van der Waals surface area contributed by atoms with Crippen molar-refractivity contribution in [1.29, 1.82) is 0 Å². The van der Waals surface area contributed by atoms with Crippen molar-refractivity contribution < 1.29 is 13.9 Å². The SMILES string of the molecule is C[C@]1(O)CC[C@@H]1Nc1ccc(F)c(F)c1. The highest BCUT2D eigenvalue weighted by molar-refractivity contribution is 5.45. The predicted molar refractivity (Wildman–Crippen MR) is 53.6 cm³/mol. The molecule has 2 N–H and O–H groups in total. The Morgan fingerprint density at radius 2 is 2.13 bits per heavy atom. The molecule has 82 valence electrons. The van der Waals surface area contributed by atoms with E-state index in [0.29, 0.717) is 5.69 Å². The van der Waals surface area contributed by atoms with E-state index >= 15 is 0 Å². The van der Waals surface area contributed by atoms with Crippen molar-refractivity contribution in [3.8, 4) is 0 Å². The maximum absolute atomic E-state index is 12.9. The molecule has 1 aliphatic carbocycles. The van der Waals surface area contributed by atoms with Crippen LogP contribution in [0.4, 0.5) is 14.5 Å². The molecule has 1 aliphatic rings. The first kappa shape index (κ1) is 10.4. The molecule has 0 unspecified atom stereocenters. The minimum Gasteiger partial charge on any atom is -0.388 e. The molecule has 0 heterocycles. The van der Waals surface area contributed by atoms with E-state index in [4.69, 9.17) is 0 Å². The summed E-state index contributed by atoms with van der Waals surface area (Å²) in [6.45, 7) is 1.73. The smallest absolute Gasteiger partial charge is 0.160 e. The van der Waals surface area contributed by atoms with Crippen LogP contribution >= 0.6 is 0 Å². The van der Waals surface area contributed by atoms with E-state index in [1.807, 2.05) is 0 Å². The van der Waals surface area contributed by atoms with E-state index < -0.39 is 17.2 Å². The first-order chi connectivity index (χ1) is 6.99. The Bertz CT molecular complexity index is 379. The molecule has 2 rings (SSSR count). The predicted octanol–water partition coefficient (Wildman–Crippen LogP) is 2.29. The molecule has 1 aromatic rings. The second-order valence-corrected chi connectivity index (χ2v) is 4.22. The highest BCUT2D eigenvalue weighted by Crippen LogP contribution is 2.34. The first-order valence-corrected chi connectivity index (χ1v) is 4.93. The number of hydrogen-bond acceptors (Lipinski definition) is 2. The molecule has 0 spiro atoms. The molecule has 0 aromatic heterocycles. The summed E-state index contributed by atoms with van der Waals surface area (Å²) >= 11 is 0. The summed E-state index contributed by atoms with van der Waals surface area (Å²) in [5, 5.41) is 12.7. The maximum Gasteiger partial charge on any atom is 0.160 e. The zero-order chi connectivity index (χ0) is 11.1. The third-order valence-corrected chi connectivity index (χ3v) is 2.95. The molecule has 2 atom stereocenters. The Balaban J connectivity index is 2.08. The van der Waals surface area contributed by atoms with Gasteiger partial charge in [-0.2, -0.15) is 0 Å². The summed E-state index contributed by atoms with van der Waals surface area (Å²) in [6, 6.07) is 3.56. The normalized spacial score (nSPS) is 29.7. The number of rotatable bonds is 2. The summed E-state index contributed by atoms with van der Waals surface area (Å²) in [5.74, 6) is -1.74. The van der Waals surface area contributed by atoms with Crippen molar-refractivity contribution >= 4 is 5.69 Å². The van der Waals surface area contributed by atoms with Gasteiger partial charge in [-0.3, -0.25) is 0 Å². The Morgan fingerprint density at radius 3 is 2.60 bits per heavy atom. The Morgan fingerprint density at radius 1 is 1.40 bits per heavy atom. The molecule has 1 aromatic carbocycles. The lowest BCUT2D eigenvalue weighted by molar-refractivity contribution is -0.0286. The van der Waals surface area contributed by atoms with Gasteiger partial charge in [-0.05, 0) is 31.9 Å². The van der Waals surface area contributed by atoms with Crippen molar-refractivity contribution in [3.05, 3.63) is 29.8 Å². The number of aliphatic hydroxyl groups is 1. The lowest BCUT2D eigenvalue weighted by Crippen LogP contribution is -2.53. The van der Waals surface area contributed by atoms with Gasteiger partial charge in [0.15, 0.2) is 11.6 Å². The second kappa shape index (κ2) is 3.45. The minimum atomic E-state index is -0.876. The van der Waals surface area contributed by atoms with E-state index in [0.717, 1.165) is 25.0 Å². The van der Waals surface area contributed by atoms with Gasteiger partial charge in [0.1, 0.15) is 0 Å². The molecule has 0 bridgehead atoms. The lowest BCUT2D eigenvalue weighted by atomic mass is 9.76. The molecule has 1 saturated carbocycles. The Labute approximate surface area is 86.9 Å². The van der Waals surface area contributed by atoms with Gasteiger partial charge < -0.3 is 10.4 Å². The van der Waals surface area contributed by atoms with Crippen molar-refractivity contribution in [2.75, 3.05) is 5.32 Å². The average molecular weight is 213 g/mol. The zero-order valence-corrected chi connectivity index (χ0v) is 8.43. The third kappa shape index (κ3) is 1.95. The van der Waals surface area contributed by atoms with Gasteiger partial charge in [0.05, 0.1) is 11.6 Å². The molecule has 0 saturated heterocycles. The summed E-state index contributed by atoms with van der Waals surface area (Å²) in [5.41, 5.74) is -0.246. The quantitative estimate of drug-likeness (QED) is 0.790. The number of anilines is 1. The van der Waals surface area contributed by atoms with Crippen LogP contribution in [0.1, 0.15) is 19.8 Å². The minimum absolute atomic E-state index is 0.0811. The summed E-state index contributed by atoms with van der Waals surface area (Å²) in [4.78, 5) is 0. The Kier molecular flexibility index (Phi) is 2.38. The van der Waals surface area contributed by atoms with Gasteiger partial charge in [0.2, 0.25) is 0 Å². The average Bonchev–Trinajstić information content (AvgIpc) is 2.18. The molecule has 0 aliphatic heterocycles. The molecule has 15 heavy (non-hydrogen) atoms. The van der Waals surface area contributed by atoms with Gasteiger partial charge in [-0.15, -0.1) is 0 Å². The first-order valence-electron chi connectivity index (χ1n) is 4.93. The van der Waals surface area contributed by atoms with Crippen LogP contribution in [0.3, 0.4) is 0 Å². The van der Waals surface area contributed by atoms with Gasteiger partial charge in [0, 0.05) is 11.8 Å². The van der Waals surface area contributed by atoms with Crippen molar-refractivity contribution in [1.82, 2.24) is 0 Å². The maximum atomic E-state index is 12.9. The summed E-state index contributed by atoms with van der Waals surface area (Å²) in [6.07, 6.45) is 1.57. The van der Waals surface area contributed by atoms with E-state index in [1.54, 1.807) is 6.92 Å². The topological polar surface area (TPSA) is 32.3 Å². The fourth-order valence-electron chi connectivity index (χ4n) is 1.72. The molecule has 0 radical (unpaired) electrons. The molecule has 1 fully saturated rings. The van der Waals surface area contributed by atoms with Crippen molar-refractivity contribution in [3.63, 3.8) is 0 Å². The molecule has 0 amide bonds. The number of benzene rings is 1. The fraction of sp³-hybridized carbons (Fsp3) is 0.455. The van der Waals surface area contributed by atoms with Crippen LogP contribution in [0.15, 0.2) is 18.2 Å². The summed E-state index contributed by atoms with van der Waals surface area (Å²) in [7, 11) is 0. The van der Waals surface area contributed by atoms with Gasteiger partial charge in [0.25, 0.3) is 0 Å². The van der Waals surface area contributed by atoms with Crippen LogP contribution in [0, 0.1) is 11.6 Å². The van der Waals surface area contributed by atoms with Crippen LogP contribution in [0.25, 0.3) is 0 Å². The summed E-state index contributed by atoms with van der Waals surface area (Å²) < 4.78 is 25.5. The van der Waals surface area contributed by atoms with Crippen LogP contribution in [0.2, 0.25) is 0 Å².